The molecule has 0 saturated carbocycles. The quantitative estimate of drug-likeness (QED) is 0.448. The number of rotatable bonds is 9. The molecule has 2 aromatic rings. The van der Waals surface area contributed by atoms with Gasteiger partial charge in [0, 0.05) is 18.2 Å². The van der Waals surface area contributed by atoms with E-state index in [0.717, 1.165) is 6.26 Å². The number of hydrogen-bond acceptors (Lipinski definition) is 6. The minimum Gasteiger partial charge on any atom is -0.493 e. The van der Waals surface area contributed by atoms with Crippen molar-refractivity contribution in [1.29, 1.82) is 0 Å². The Morgan fingerprint density at radius 2 is 1.90 bits per heavy atom. The lowest BCUT2D eigenvalue weighted by Crippen LogP contribution is -2.17. The minimum absolute atomic E-state index is 0.122. The first kappa shape index (κ1) is 22.6. The van der Waals surface area contributed by atoms with Gasteiger partial charge in [0.15, 0.2) is 11.5 Å². The molecule has 0 saturated heterocycles. The van der Waals surface area contributed by atoms with Gasteiger partial charge in [-0.2, -0.15) is 0 Å². The standard InChI is InChI=1S/C20H24FNO6S/c1-5-28-20-11-14(6-7-19(20)27-3)15(12-29(4,25)26)10-16-17(21)8-13(2)9-18(16)22(23)24/h6-9,11,15H,5,10,12H2,1-4H3/t15-/m1/s1. The third-order valence-corrected chi connectivity index (χ3v) is 5.43. The number of aryl methyl sites for hydroxylation is 1. The topological polar surface area (TPSA) is 95.7 Å². The van der Waals surface area contributed by atoms with Crippen LogP contribution >= 0.6 is 0 Å². The Morgan fingerprint density at radius 1 is 1.21 bits per heavy atom. The van der Waals surface area contributed by atoms with Crippen LogP contribution in [0.3, 0.4) is 0 Å². The molecule has 0 radical (unpaired) electrons. The lowest BCUT2D eigenvalue weighted by atomic mass is 9.91. The molecule has 0 N–H and O–H groups in total. The van der Waals surface area contributed by atoms with E-state index in [1.54, 1.807) is 32.0 Å². The number of hydrogen-bond donors (Lipinski definition) is 0. The van der Waals surface area contributed by atoms with Crippen molar-refractivity contribution in [2.75, 3.05) is 25.7 Å². The van der Waals surface area contributed by atoms with Gasteiger partial charge >= 0.3 is 0 Å². The second-order valence-electron chi connectivity index (χ2n) is 6.84. The molecule has 2 rings (SSSR count). The molecule has 0 fully saturated rings. The molecule has 0 unspecified atom stereocenters. The van der Waals surface area contributed by atoms with Crippen LogP contribution in [0.25, 0.3) is 0 Å². The van der Waals surface area contributed by atoms with E-state index in [1.165, 1.54) is 19.2 Å². The van der Waals surface area contributed by atoms with Crippen LogP contribution in [-0.2, 0) is 16.3 Å². The van der Waals surface area contributed by atoms with Crippen molar-refractivity contribution in [1.82, 2.24) is 0 Å². The molecule has 0 aliphatic heterocycles. The fourth-order valence-corrected chi connectivity index (χ4v) is 4.26. The van der Waals surface area contributed by atoms with Gasteiger partial charge in [-0.1, -0.05) is 6.07 Å². The number of nitrogens with zero attached hydrogens (tertiary/aromatic N) is 1. The van der Waals surface area contributed by atoms with Crippen LogP contribution in [0.4, 0.5) is 10.1 Å². The number of nitro benzene ring substituents is 1. The Labute approximate surface area is 169 Å². The maximum absolute atomic E-state index is 14.6. The van der Waals surface area contributed by atoms with E-state index in [1.807, 2.05) is 0 Å². The maximum atomic E-state index is 14.6. The zero-order valence-corrected chi connectivity index (χ0v) is 17.6. The van der Waals surface area contributed by atoms with Crippen LogP contribution in [-0.4, -0.2) is 39.1 Å². The van der Waals surface area contributed by atoms with Gasteiger partial charge in [0.1, 0.15) is 15.7 Å². The molecule has 0 aliphatic carbocycles. The van der Waals surface area contributed by atoms with Crippen LogP contribution in [0, 0.1) is 22.9 Å². The highest BCUT2D eigenvalue weighted by Crippen LogP contribution is 2.35. The van der Waals surface area contributed by atoms with E-state index in [-0.39, 0.29) is 23.4 Å². The summed E-state index contributed by atoms with van der Waals surface area (Å²) in [4.78, 5) is 10.8. The highest BCUT2D eigenvalue weighted by Gasteiger charge is 2.26. The second-order valence-corrected chi connectivity index (χ2v) is 9.02. The Kier molecular flexibility index (Phi) is 7.18. The van der Waals surface area contributed by atoms with E-state index < -0.39 is 26.5 Å². The summed E-state index contributed by atoms with van der Waals surface area (Å²) >= 11 is 0. The molecular weight excluding hydrogens is 401 g/mol. The molecule has 158 valence electrons. The summed E-state index contributed by atoms with van der Waals surface area (Å²) in [5, 5.41) is 11.4. The molecule has 0 amide bonds. The van der Waals surface area contributed by atoms with Crippen molar-refractivity contribution in [2.24, 2.45) is 0 Å². The summed E-state index contributed by atoms with van der Waals surface area (Å²) in [6.45, 7) is 3.73. The lowest BCUT2D eigenvalue weighted by Gasteiger charge is -2.19. The van der Waals surface area contributed by atoms with Crippen molar-refractivity contribution in [3.63, 3.8) is 0 Å². The molecule has 0 spiro atoms. The summed E-state index contributed by atoms with van der Waals surface area (Å²) in [5.74, 6) is -0.833. The molecular formula is C20H24FNO6S. The zero-order chi connectivity index (χ0) is 21.8. The molecule has 1 atom stereocenters. The fraction of sp³-hybridized carbons (Fsp3) is 0.400. The number of sulfone groups is 1. The van der Waals surface area contributed by atoms with E-state index in [9.17, 15) is 22.9 Å². The maximum Gasteiger partial charge on any atom is 0.275 e. The molecule has 0 bridgehead atoms. The Hall–Kier alpha value is -2.68. The van der Waals surface area contributed by atoms with Gasteiger partial charge in [0.2, 0.25) is 0 Å². The molecule has 0 aromatic heterocycles. The number of benzene rings is 2. The lowest BCUT2D eigenvalue weighted by molar-refractivity contribution is -0.385. The number of methoxy groups -OCH3 is 1. The highest BCUT2D eigenvalue weighted by atomic mass is 32.2. The van der Waals surface area contributed by atoms with Crippen LogP contribution in [0.15, 0.2) is 30.3 Å². The van der Waals surface area contributed by atoms with Crippen molar-refractivity contribution in [3.05, 3.63) is 63.0 Å². The van der Waals surface area contributed by atoms with Gasteiger partial charge in [0.05, 0.1) is 30.0 Å². The average Bonchev–Trinajstić information content (AvgIpc) is 2.61. The van der Waals surface area contributed by atoms with Gasteiger partial charge in [-0.15, -0.1) is 0 Å². The number of nitro groups is 1. The van der Waals surface area contributed by atoms with Crippen LogP contribution in [0.5, 0.6) is 11.5 Å². The summed E-state index contributed by atoms with van der Waals surface area (Å²) in [5.41, 5.74) is 0.497. The predicted octanol–water partition coefficient (Wildman–Crippen LogP) is 3.82. The van der Waals surface area contributed by atoms with Crippen molar-refractivity contribution in [3.8, 4) is 11.5 Å². The van der Waals surface area contributed by atoms with Gasteiger partial charge < -0.3 is 9.47 Å². The summed E-state index contributed by atoms with van der Waals surface area (Å²) in [7, 11) is -1.97. The smallest absolute Gasteiger partial charge is 0.275 e. The Morgan fingerprint density at radius 3 is 2.45 bits per heavy atom. The first-order valence-corrected chi connectivity index (χ1v) is 11.0. The predicted molar refractivity (Wildman–Crippen MR) is 108 cm³/mol. The SMILES string of the molecule is CCOc1cc([C@H](Cc2c(F)cc(C)cc2[N+](=O)[O-])CS(C)(=O)=O)ccc1OC. The largest absolute Gasteiger partial charge is 0.493 e. The second kappa shape index (κ2) is 9.21. The highest BCUT2D eigenvalue weighted by molar-refractivity contribution is 7.90. The van der Waals surface area contributed by atoms with E-state index in [2.05, 4.69) is 0 Å². The number of ether oxygens (including phenoxy) is 2. The average molecular weight is 425 g/mol. The van der Waals surface area contributed by atoms with E-state index in [4.69, 9.17) is 9.47 Å². The van der Waals surface area contributed by atoms with E-state index in [0.29, 0.717) is 29.2 Å². The third kappa shape index (κ3) is 5.90. The van der Waals surface area contributed by atoms with Crippen LogP contribution in [0.2, 0.25) is 0 Å². The Balaban J connectivity index is 2.57. The third-order valence-electron chi connectivity index (χ3n) is 4.43. The summed E-state index contributed by atoms with van der Waals surface area (Å²) < 4.78 is 49.4. The van der Waals surface area contributed by atoms with Gasteiger partial charge in [0.25, 0.3) is 5.69 Å². The minimum atomic E-state index is -3.45. The van der Waals surface area contributed by atoms with Crippen molar-refractivity contribution >= 4 is 15.5 Å². The zero-order valence-electron chi connectivity index (χ0n) is 16.8. The molecule has 0 aliphatic rings. The van der Waals surface area contributed by atoms with Crippen LogP contribution in [0.1, 0.15) is 29.5 Å². The fourth-order valence-electron chi connectivity index (χ4n) is 3.22. The molecule has 0 heterocycles. The summed E-state index contributed by atoms with van der Waals surface area (Å²) in [6.07, 6.45) is 0.931. The van der Waals surface area contributed by atoms with Gasteiger partial charge in [-0.25, -0.2) is 12.8 Å². The molecule has 9 heteroatoms. The van der Waals surface area contributed by atoms with Gasteiger partial charge in [-0.3, -0.25) is 10.1 Å². The summed E-state index contributed by atoms with van der Waals surface area (Å²) in [6, 6.07) is 7.43. The van der Waals surface area contributed by atoms with Crippen molar-refractivity contribution in [2.45, 2.75) is 26.2 Å². The monoisotopic (exact) mass is 425 g/mol. The Bertz CT molecular complexity index is 1010. The van der Waals surface area contributed by atoms with E-state index >= 15 is 0 Å². The first-order valence-electron chi connectivity index (χ1n) is 8.97. The first-order chi connectivity index (χ1) is 13.6. The molecule has 7 nitrogen and oxygen atoms in total. The molecule has 2 aromatic carbocycles. The number of halogens is 1. The van der Waals surface area contributed by atoms with Gasteiger partial charge in [-0.05, 0) is 49.6 Å². The normalized spacial score (nSPS) is 12.4. The van der Waals surface area contributed by atoms with Crippen molar-refractivity contribution < 1.29 is 27.2 Å². The van der Waals surface area contributed by atoms with Crippen LogP contribution < -0.4 is 9.47 Å². The molecule has 29 heavy (non-hydrogen) atoms.